The number of rotatable bonds is 5. The number of benzene rings is 2. The number of nitro groups is 1. The van der Waals surface area contributed by atoms with E-state index in [0.717, 1.165) is 15.5 Å². The van der Waals surface area contributed by atoms with Crippen molar-refractivity contribution in [2.45, 2.75) is 23.6 Å². The molecule has 3 aromatic rings. The number of nitro benzene ring substituents is 1. The SMILES string of the molecule is Cc1ccc(Sc2ccc([N+](=O)[O-])cc2C=Nn2cc(C)nc2N)cc1. The van der Waals surface area contributed by atoms with Gasteiger partial charge in [0.1, 0.15) is 0 Å². The largest absolute Gasteiger partial charge is 0.368 e. The lowest BCUT2D eigenvalue weighted by atomic mass is 10.2. The van der Waals surface area contributed by atoms with Crippen molar-refractivity contribution in [2.75, 3.05) is 5.73 Å². The van der Waals surface area contributed by atoms with Crippen molar-refractivity contribution in [3.05, 3.63) is 75.6 Å². The second kappa shape index (κ2) is 7.40. The van der Waals surface area contributed by atoms with Gasteiger partial charge in [-0.05, 0) is 32.0 Å². The van der Waals surface area contributed by atoms with Gasteiger partial charge in [0.05, 0.1) is 23.0 Å². The first-order valence-electron chi connectivity index (χ1n) is 7.81. The number of nitrogens with two attached hydrogens (primary N) is 1. The van der Waals surface area contributed by atoms with Crippen molar-refractivity contribution in [3.63, 3.8) is 0 Å². The lowest BCUT2D eigenvalue weighted by Gasteiger charge is -2.06. The monoisotopic (exact) mass is 367 g/mol. The minimum atomic E-state index is -0.423. The molecule has 0 amide bonds. The number of non-ortho nitro benzene ring substituents is 1. The zero-order valence-corrected chi connectivity index (χ0v) is 15.1. The van der Waals surface area contributed by atoms with E-state index in [1.54, 1.807) is 18.5 Å². The quantitative estimate of drug-likeness (QED) is 0.417. The van der Waals surface area contributed by atoms with Crippen LogP contribution >= 0.6 is 11.8 Å². The van der Waals surface area contributed by atoms with Crippen molar-refractivity contribution < 1.29 is 4.92 Å². The Balaban J connectivity index is 1.97. The first-order chi connectivity index (χ1) is 12.4. The first-order valence-corrected chi connectivity index (χ1v) is 8.63. The third-order valence-corrected chi connectivity index (χ3v) is 4.71. The van der Waals surface area contributed by atoms with Gasteiger partial charge in [-0.2, -0.15) is 5.10 Å². The van der Waals surface area contributed by atoms with E-state index < -0.39 is 4.92 Å². The van der Waals surface area contributed by atoms with Gasteiger partial charge < -0.3 is 5.73 Å². The van der Waals surface area contributed by atoms with Crippen LogP contribution < -0.4 is 5.73 Å². The molecule has 7 nitrogen and oxygen atoms in total. The van der Waals surface area contributed by atoms with E-state index in [1.165, 1.54) is 34.1 Å². The molecule has 0 unspecified atom stereocenters. The molecule has 0 aliphatic rings. The van der Waals surface area contributed by atoms with Crippen LogP contribution in [0.2, 0.25) is 0 Å². The molecule has 1 aromatic heterocycles. The highest BCUT2D eigenvalue weighted by molar-refractivity contribution is 7.99. The molecule has 2 aromatic carbocycles. The van der Waals surface area contributed by atoms with E-state index >= 15 is 0 Å². The third-order valence-electron chi connectivity index (χ3n) is 3.61. The number of aromatic nitrogens is 2. The molecule has 26 heavy (non-hydrogen) atoms. The van der Waals surface area contributed by atoms with Crippen molar-refractivity contribution in [1.82, 2.24) is 9.66 Å². The number of aryl methyl sites for hydroxylation is 2. The third kappa shape index (κ3) is 4.09. The molecule has 3 rings (SSSR count). The average molecular weight is 367 g/mol. The lowest BCUT2D eigenvalue weighted by Crippen LogP contribution is -1.98. The molecule has 0 saturated carbocycles. The summed E-state index contributed by atoms with van der Waals surface area (Å²) >= 11 is 1.52. The maximum Gasteiger partial charge on any atom is 0.270 e. The highest BCUT2D eigenvalue weighted by Crippen LogP contribution is 2.32. The summed E-state index contributed by atoms with van der Waals surface area (Å²) in [7, 11) is 0. The summed E-state index contributed by atoms with van der Waals surface area (Å²) in [6.07, 6.45) is 3.25. The van der Waals surface area contributed by atoms with Crippen molar-refractivity contribution in [3.8, 4) is 0 Å². The standard InChI is InChI=1S/C18H17N5O2S/c1-12-3-6-16(7-4-12)26-17-8-5-15(23(24)25)9-14(17)10-20-22-11-13(2)21-18(22)19/h3-11H,1-2H3,(H2,19,21). The molecule has 0 saturated heterocycles. The molecule has 1 heterocycles. The van der Waals surface area contributed by atoms with Crippen molar-refractivity contribution in [2.24, 2.45) is 5.10 Å². The minimum absolute atomic E-state index is 0.00879. The fourth-order valence-electron chi connectivity index (χ4n) is 2.30. The van der Waals surface area contributed by atoms with E-state index in [-0.39, 0.29) is 11.6 Å². The summed E-state index contributed by atoms with van der Waals surface area (Å²) in [6.45, 7) is 3.84. The van der Waals surface area contributed by atoms with Crippen molar-refractivity contribution in [1.29, 1.82) is 0 Å². The Hall–Kier alpha value is -3.13. The predicted molar refractivity (Wildman–Crippen MR) is 103 cm³/mol. The molecule has 8 heteroatoms. The normalized spacial score (nSPS) is 11.2. The van der Waals surface area contributed by atoms with Crippen LogP contribution in [0.4, 0.5) is 11.6 Å². The second-order valence-electron chi connectivity index (χ2n) is 5.72. The molecule has 132 valence electrons. The van der Waals surface area contributed by atoms with E-state index in [4.69, 9.17) is 5.73 Å². The highest BCUT2D eigenvalue weighted by atomic mass is 32.2. The van der Waals surface area contributed by atoms with Gasteiger partial charge in [0.15, 0.2) is 0 Å². The molecule has 0 aliphatic carbocycles. The average Bonchev–Trinajstić information content (AvgIpc) is 2.93. The second-order valence-corrected chi connectivity index (χ2v) is 6.84. The Morgan fingerprint density at radius 1 is 1.23 bits per heavy atom. The van der Waals surface area contributed by atoms with Gasteiger partial charge in [0, 0.05) is 27.5 Å². The molecule has 2 N–H and O–H groups in total. The highest BCUT2D eigenvalue weighted by Gasteiger charge is 2.11. The maximum absolute atomic E-state index is 11.1. The Morgan fingerprint density at radius 2 is 1.96 bits per heavy atom. The molecular formula is C18H17N5O2S. The molecule has 0 aliphatic heterocycles. The smallest absolute Gasteiger partial charge is 0.270 e. The number of nitrogen functional groups attached to an aromatic ring is 1. The Morgan fingerprint density at radius 3 is 2.58 bits per heavy atom. The molecule has 0 bridgehead atoms. The first kappa shape index (κ1) is 17.7. The number of hydrogen-bond acceptors (Lipinski definition) is 6. The number of imidazole rings is 1. The van der Waals surface area contributed by atoms with Gasteiger partial charge in [0.25, 0.3) is 5.69 Å². The van der Waals surface area contributed by atoms with Gasteiger partial charge in [-0.25, -0.2) is 9.66 Å². The fourth-order valence-corrected chi connectivity index (χ4v) is 3.19. The molecule has 0 atom stereocenters. The summed E-state index contributed by atoms with van der Waals surface area (Å²) in [5.74, 6) is 0.261. The summed E-state index contributed by atoms with van der Waals surface area (Å²) in [6, 6.07) is 12.8. The van der Waals surface area contributed by atoms with Gasteiger partial charge >= 0.3 is 0 Å². The summed E-state index contributed by atoms with van der Waals surface area (Å²) < 4.78 is 1.44. The van der Waals surface area contributed by atoms with Crippen LogP contribution in [0.1, 0.15) is 16.8 Å². The van der Waals surface area contributed by atoms with E-state index in [2.05, 4.69) is 10.1 Å². The van der Waals surface area contributed by atoms with Crippen molar-refractivity contribution >= 4 is 29.6 Å². The van der Waals surface area contributed by atoms with Gasteiger partial charge in [-0.15, -0.1) is 0 Å². The van der Waals surface area contributed by atoms with Gasteiger partial charge in [0.2, 0.25) is 5.95 Å². The topological polar surface area (TPSA) is 99.3 Å². The van der Waals surface area contributed by atoms with Crippen LogP contribution in [-0.4, -0.2) is 20.8 Å². The van der Waals surface area contributed by atoms with Crippen LogP contribution in [0.25, 0.3) is 0 Å². The van der Waals surface area contributed by atoms with Crippen LogP contribution in [0.3, 0.4) is 0 Å². The zero-order valence-electron chi connectivity index (χ0n) is 14.3. The van der Waals surface area contributed by atoms with Crippen LogP contribution in [-0.2, 0) is 0 Å². The van der Waals surface area contributed by atoms with Crippen LogP contribution in [0.5, 0.6) is 0 Å². The molecule has 0 fully saturated rings. The Bertz CT molecular complexity index is 980. The lowest BCUT2D eigenvalue weighted by molar-refractivity contribution is -0.384. The molecular weight excluding hydrogens is 350 g/mol. The van der Waals surface area contributed by atoms with Gasteiger partial charge in [-0.3, -0.25) is 10.1 Å². The Kier molecular flexibility index (Phi) is 5.04. The fraction of sp³-hybridized carbons (Fsp3) is 0.111. The summed E-state index contributed by atoms with van der Waals surface area (Å²) in [4.78, 5) is 16.7. The summed E-state index contributed by atoms with van der Waals surface area (Å²) in [5.41, 5.74) is 8.34. The zero-order chi connectivity index (χ0) is 18.7. The minimum Gasteiger partial charge on any atom is -0.368 e. The maximum atomic E-state index is 11.1. The van der Waals surface area contributed by atoms with E-state index in [1.807, 2.05) is 38.1 Å². The van der Waals surface area contributed by atoms with E-state index in [0.29, 0.717) is 5.56 Å². The Labute approximate surface area is 154 Å². The molecule has 0 spiro atoms. The number of hydrogen-bond donors (Lipinski definition) is 1. The van der Waals surface area contributed by atoms with E-state index in [9.17, 15) is 10.1 Å². The number of nitrogens with zero attached hydrogens (tertiary/aromatic N) is 4. The number of anilines is 1. The molecule has 0 radical (unpaired) electrons. The van der Waals surface area contributed by atoms with Crippen LogP contribution in [0.15, 0.2) is 63.6 Å². The predicted octanol–water partition coefficient (Wildman–Crippen LogP) is 4.02. The van der Waals surface area contributed by atoms with Gasteiger partial charge in [-0.1, -0.05) is 29.5 Å². The van der Waals surface area contributed by atoms with Crippen LogP contribution in [0, 0.1) is 24.0 Å². The summed E-state index contributed by atoms with van der Waals surface area (Å²) in [5, 5.41) is 15.4.